The van der Waals surface area contributed by atoms with Crippen LogP contribution in [0, 0.1) is 5.92 Å². The molecule has 1 aliphatic rings. The van der Waals surface area contributed by atoms with E-state index in [0.717, 1.165) is 51.0 Å². The third kappa shape index (κ3) is 3.84. The van der Waals surface area contributed by atoms with Crippen LogP contribution in [0.4, 0.5) is 11.8 Å². The molecule has 2 heterocycles. The highest BCUT2D eigenvalue weighted by molar-refractivity contribution is 5.42. The lowest BCUT2D eigenvalue weighted by atomic mass is 10.1. The largest absolute Gasteiger partial charge is 0.378 e. The number of ether oxygens (including phenoxy) is 1. The van der Waals surface area contributed by atoms with Gasteiger partial charge >= 0.3 is 0 Å². The van der Waals surface area contributed by atoms with Gasteiger partial charge in [-0.3, -0.25) is 0 Å². The molecule has 100 valence electrons. The molecular formula is C13H22N4O. The van der Waals surface area contributed by atoms with Crippen molar-refractivity contribution in [2.45, 2.75) is 20.3 Å². The van der Waals surface area contributed by atoms with Crippen LogP contribution in [-0.2, 0) is 4.74 Å². The normalized spacial score (nSPS) is 16.1. The first-order valence-electron chi connectivity index (χ1n) is 6.65. The standard InChI is InChI=1S/C13H22N4O/c1-11(2)3-5-14-13-15-6-4-12(16-13)17-7-9-18-10-8-17/h4,6,11H,3,5,7-10H2,1-2H3,(H,14,15,16). The minimum absolute atomic E-state index is 0.694. The highest BCUT2D eigenvalue weighted by atomic mass is 16.5. The lowest BCUT2D eigenvalue weighted by Crippen LogP contribution is -2.36. The van der Waals surface area contributed by atoms with Gasteiger partial charge in [0.15, 0.2) is 0 Å². The fraction of sp³-hybridized carbons (Fsp3) is 0.692. The van der Waals surface area contributed by atoms with E-state index in [1.807, 2.05) is 12.3 Å². The van der Waals surface area contributed by atoms with Crippen molar-refractivity contribution in [2.24, 2.45) is 5.92 Å². The molecule has 1 saturated heterocycles. The van der Waals surface area contributed by atoms with Gasteiger partial charge in [-0.15, -0.1) is 0 Å². The lowest BCUT2D eigenvalue weighted by Gasteiger charge is -2.27. The van der Waals surface area contributed by atoms with Crippen LogP contribution in [0.1, 0.15) is 20.3 Å². The molecule has 0 radical (unpaired) electrons. The highest BCUT2D eigenvalue weighted by Gasteiger charge is 2.12. The van der Waals surface area contributed by atoms with Crippen molar-refractivity contribution in [2.75, 3.05) is 43.1 Å². The third-order valence-corrected chi connectivity index (χ3v) is 2.98. The number of rotatable bonds is 5. The van der Waals surface area contributed by atoms with Crippen molar-refractivity contribution >= 4 is 11.8 Å². The molecule has 1 aliphatic heterocycles. The Hall–Kier alpha value is -1.36. The van der Waals surface area contributed by atoms with Gasteiger partial charge in [0.25, 0.3) is 0 Å². The van der Waals surface area contributed by atoms with E-state index in [1.54, 1.807) is 0 Å². The summed E-state index contributed by atoms with van der Waals surface area (Å²) in [6, 6.07) is 1.96. The fourth-order valence-electron chi connectivity index (χ4n) is 1.88. The second kappa shape index (κ2) is 6.54. The Bertz CT molecular complexity index is 364. The molecule has 5 heteroatoms. The maximum atomic E-state index is 5.34. The van der Waals surface area contributed by atoms with Crippen molar-refractivity contribution in [1.82, 2.24) is 9.97 Å². The summed E-state index contributed by atoms with van der Waals surface area (Å²) >= 11 is 0. The Kier molecular flexibility index (Phi) is 4.75. The van der Waals surface area contributed by atoms with Crippen LogP contribution in [0.15, 0.2) is 12.3 Å². The van der Waals surface area contributed by atoms with Gasteiger partial charge < -0.3 is 15.0 Å². The zero-order chi connectivity index (χ0) is 12.8. The number of hydrogen-bond acceptors (Lipinski definition) is 5. The minimum Gasteiger partial charge on any atom is -0.378 e. The van der Waals surface area contributed by atoms with Crippen molar-refractivity contribution in [1.29, 1.82) is 0 Å². The number of nitrogens with zero attached hydrogens (tertiary/aromatic N) is 3. The molecule has 5 nitrogen and oxygen atoms in total. The predicted molar refractivity (Wildman–Crippen MR) is 73.0 cm³/mol. The Balaban J connectivity index is 1.91. The van der Waals surface area contributed by atoms with E-state index in [2.05, 4.69) is 34.0 Å². The van der Waals surface area contributed by atoms with E-state index in [9.17, 15) is 0 Å². The second-order valence-corrected chi connectivity index (χ2v) is 4.95. The van der Waals surface area contributed by atoms with Crippen molar-refractivity contribution in [3.05, 3.63) is 12.3 Å². The minimum atomic E-state index is 0.694. The van der Waals surface area contributed by atoms with Crippen molar-refractivity contribution in [3.63, 3.8) is 0 Å². The number of aromatic nitrogens is 2. The SMILES string of the molecule is CC(C)CCNc1nccc(N2CCOCC2)n1. The van der Waals surface area contributed by atoms with Crippen molar-refractivity contribution < 1.29 is 4.74 Å². The molecule has 18 heavy (non-hydrogen) atoms. The first-order valence-corrected chi connectivity index (χ1v) is 6.65. The maximum absolute atomic E-state index is 5.34. The topological polar surface area (TPSA) is 50.3 Å². The van der Waals surface area contributed by atoms with E-state index >= 15 is 0 Å². The van der Waals surface area contributed by atoms with Crippen LogP contribution in [0.25, 0.3) is 0 Å². The second-order valence-electron chi connectivity index (χ2n) is 4.95. The molecule has 1 N–H and O–H groups in total. The summed E-state index contributed by atoms with van der Waals surface area (Å²) < 4.78 is 5.34. The summed E-state index contributed by atoms with van der Waals surface area (Å²) in [5.74, 6) is 2.40. The summed E-state index contributed by atoms with van der Waals surface area (Å²) in [5, 5.41) is 3.28. The monoisotopic (exact) mass is 250 g/mol. The molecule has 0 saturated carbocycles. The van der Waals surface area contributed by atoms with Gasteiger partial charge in [0.2, 0.25) is 5.95 Å². The first-order chi connectivity index (χ1) is 8.75. The maximum Gasteiger partial charge on any atom is 0.224 e. The summed E-state index contributed by atoms with van der Waals surface area (Å²) in [5.41, 5.74) is 0. The molecule has 0 unspecified atom stereocenters. The molecule has 0 spiro atoms. The molecule has 0 amide bonds. The quantitative estimate of drug-likeness (QED) is 0.863. The van der Waals surface area contributed by atoms with Gasteiger partial charge in [0, 0.05) is 25.8 Å². The van der Waals surface area contributed by atoms with Crippen LogP contribution < -0.4 is 10.2 Å². The summed E-state index contributed by atoms with van der Waals surface area (Å²) in [6.07, 6.45) is 2.95. The van der Waals surface area contributed by atoms with Crippen LogP contribution in [0.5, 0.6) is 0 Å². The number of anilines is 2. The zero-order valence-electron chi connectivity index (χ0n) is 11.2. The molecule has 2 rings (SSSR count). The Morgan fingerprint density at radius 1 is 1.39 bits per heavy atom. The average Bonchev–Trinajstić information content (AvgIpc) is 2.40. The van der Waals surface area contributed by atoms with E-state index < -0.39 is 0 Å². The van der Waals surface area contributed by atoms with Crippen LogP contribution in [-0.4, -0.2) is 42.8 Å². The van der Waals surface area contributed by atoms with Gasteiger partial charge in [-0.25, -0.2) is 4.98 Å². The van der Waals surface area contributed by atoms with Gasteiger partial charge in [0.1, 0.15) is 5.82 Å². The zero-order valence-corrected chi connectivity index (χ0v) is 11.2. The fourth-order valence-corrected chi connectivity index (χ4v) is 1.88. The Morgan fingerprint density at radius 3 is 2.89 bits per heavy atom. The molecule has 1 fully saturated rings. The average molecular weight is 250 g/mol. The molecule has 0 aliphatic carbocycles. The van der Waals surface area contributed by atoms with E-state index in [-0.39, 0.29) is 0 Å². The van der Waals surface area contributed by atoms with E-state index in [0.29, 0.717) is 5.92 Å². The number of morpholine rings is 1. The van der Waals surface area contributed by atoms with E-state index in [4.69, 9.17) is 4.74 Å². The number of nitrogens with one attached hydrogen (secondary N) is 1. The molecule has 0 aromatic carbocycles. The van der Waals surface area contributed by atoms with Gasteiger partial charge in [0.05, 0.1) is 13.2 Å². The smallest absolute Gasteiger partial charge is 0.224 e. The molecular weight excluding hydrogens is 228 g/mol. The van der Waals surface area contributed by atoms with Crippen LogP contribution >= 0.6 is 0 Å². The Labute approximate surface area is 109 Å². The number of hydrogen-bond donors (Lipinski definition) is 1. The highest BCUT2D eigenvalue weighted by Crippen LogP contribution is 2.13. The summed E-state index contributed by atoms with van der Waals surface area (Å²) in [4.78, 5) is 11.0. The van der Waals surface area contributed by atoms with Crippen molar-refractivity contribution in [3.8, 4) is 0 Å². The van der Waals surface area contributed by atoms with Gasteiger partial charge in [-0.1, -0.05) is 13.8 Å². The van der Waals surface area contributed by atoms with E-state index in [1.165, 1.54) is 0 Å². The summed E-state index contributed by atoms with van der Waals surface area (Å²) in [6.45, 7) is 8.72. The lowest BCUT2D eigenvalue weighted by molar-refractivity contribution is 0.122. The predicted octanol–water partition coefficient (Wildman–Crippen LogP) is 1.77. The van der Waals surface area contributed by atoms with Crippen LogP contribution in [0.2, 0.25) is 0 Å². The molecule has 1 aromatic rings. The summed E-state index contributed by atoms with van der Waals surface area (Å²) in [7, 11) is 0. The van der Waals surface area contributed by atoms with Gasteiger partial charge in [-0.05, 0) is 18.4 Å². The Morgan fingerprint density at radius 2 is 2.17 bits per heavy atom. The first kappa shape index (κ1) is 13.1. The molecule has 0 atom stereocenters. The molecule has 1 aromatic heterocycles. The third-order valence-electron chi connectivity index (χ3n) is 2.98. The van der Waals surface area contributed by atoms with Gasteiger partial charge in [-0.2, -0.15) is 4.98 Å². The van der Waals surface area contributed by atoms with Crippen LogP contribution in [0.3, 0.4) is 0 Å². The molecule has 0 bridgehead atoms.